The maximum absolute atomic E-state index is 13.9. The maximum Gasteiger partial charge on any atom is 0.234 e. The Kier molecular flexibility index (Phi) is 4.68. The van der Waals surface area contributed by atoms with E-state index in [-0.39, 0.29) is 16.7 Å². The summed E-state index contributed by atoms with van der Waals surface area (Å²) in [5.74, 6) is 1.98. The van der Waals surface area contributed by atoms with Crippen molar-refractivity contribution in [3.63, 3.8) is 0 Å². The second-order valence-electron chi connectivity index (χ2n) is 11.3. The minimum absolute atomic E-state index is 0.146. The number of carbonyl (C=O) groups is 2. The van der Waals surface area contributed by atoms with Crippen molar-refractivity contribution < 1.29 is 9.59 Å². The molecule has 2 atom stereocenters. The predicted molar refractivity (Wildman–Crippen MR) is 119 cm³/mol. The van der Waals surface area contributed by atoms with Gasteiger partial charge in [0.15, 0.2) is 0 Å². The van der Waals surface area contributed by atoms with Crippen molar-refractivity contribution in [2.75, 3.05) is 32.7 Å². The van der Waals surface area contributed by atoms with E-state index in [0.717, 1.165) is 58.3 Å². The second kappa shape index (κ2) is 7.33. The van der Waals surface area contributed by atoms with E-state index in [2.05, 4.69) is 45.4 Å². The molecule has 1 aromatic rings. The van der Waals surface area contributed by atoms with Gasteiger partial charge in [-0.3, -0.25) is 14.5 Å². The van der Waals surface area contributed by atoms with E-state index in [4.69, 9.17) is 0 Å². The number of hydrogen-bond donors (Lipinski definition) is 1. The molecular weight excluding hydrogens is 386 g/mol. The number of nitrogens with zero attached hydrogens (tertiary/aromatic N) is 2. The van der Waals surface area contributed by atoms with Crippen LogP contribution in [0.25, 0.3) is 0 Å². The third-order valence-corrected chi connectivity index (χ3v) is 8.87. The van der Waals surface area contributed by atoms with E-state index in [0.29, 0.717) is 30.3 Å². The van der Waals surface area contributed by atoms with Gasteiger partial charge in [-0.15, -0.1) is 0 Å². The normalized spacial score (nSPS) is 37.1. The molecule has 5 heteroatoms. The molecule has 0 aromatic heterocycles. The minimum Gasteiger partial charge on any atom is -0.352 e. The molecule has 1 saturated heterocycles. The number of amides is 2. The van der Waals surface area contributed by atoms with Gasteiger partial charge in [-0.25, -0.2) is 0 Å². The maximum atomic E-state index is 13.9. The molecule has 166 valence electrons. The highest BCUT2D eigenvalue weighted by Gasteiger charge is 2.61. The Bertz CT molecular complexity index is 843. The third kappa shape index (κ3) is 3.59. The molecule has 31 heavy (non-hydrogen) atoms. The zero-order valence-corrected chi connectivity index (χ0v) is 18.5. The predicted octanol–water partition coefficient (Wildman–Crippen LogP) is 2.95. The quantitative estimate of drug-likeness (QED) is 0.795. The molecule has 6 aliphatic rings. The lowest BCUT2D eigenvalue weighted by Gasteiger charge is -2.62. The van der Waals surface area contributed by atoms with Crippen LogP contribution in [0.2, 0.25) is 0 Å². The lowest BCUT2D eigenvalue weighted by atomic mass is 9.42. The summed E-state index contributed by atoms with van der Waals surface area (Å²) in [6.45, 7) is 3.65. The van der Waals surface area contributed by atoms with Crippen LogP contribution in [0.15, 0.2) is 30.3 Å². The fourth-order valence-electron chi connectivity index (χ4n) is 7.79. The fraction of sp³-hybridized carbons (Fsp3) is 0.692. The number of piperazine rings is 1. The molecule has 1 aromatic carbocycles. The van der Waals surface area contributed by atoms with E-state index in [9.17, 15) is 9.59 Å². The molecule has 1 N–H and O–H groups in total. The van der Waals surface area contributed by atoms with Crippen LogP contribution >= 0.6 is 0 Å². The Balaban J connectivity index is 1.14. The highest BCUT2D eigenvalue weighted by molar-refractivity contribution is 5.84. The number of nitrogens with one attached hydrogen (secondary N) is 1. The Morgan fingerprint density at radius 1 is 0.935 bits per heavy atom. The van der Waals surface area contributed by atoms with Crippen LogP contribution in [-0.2, 0) is 15.0 Å². The third-order valence-electron chi connectivity index (χ3n) is 8.87. The monoisotopic (exact) mass is 421 g/mol. The molecule has 1 heterocycles. The summed E-state index contributed by atoms with van der Waals surface area (Å²) in [7, 11) is 0. The van der Waals surface area contributed by atoms with Gasteiger partial charge in [0.1, 0.15) is 0 Å². The molecule has 0 radical (unpaired) electrons. The van der Waals surface area contributed by atoms with E-state index < -0.39 is 0 Å². The highest BCUT2D eigenvalue weighted by atomic mass is 16.2. The Hall–Kier alpha value is -1.88. The standard InChI is InChI=1S/C26H35N3O2/c30-23(27-22-6-7-22)17-28-8-10-29(11-9-28)24(31)26-15-19-12-20(16-26)14-25(13-19,18-26)21-4-2-1-3-5-21/h1-5,19-20,22H,6-18H2,(H,27,30). The molecule has 5 saturated carbocycles. The Morgan fingerprint density at radius 3 is 2.26 bits per heavy atom. The van der Waals surface area contributed by atoms with Crippen LogP contribution in [0.1, 0.15) is 56.9 Å². The first-order valence-corrected chi connectivity index (χ1v) is 12.4. The van der Waals surface area contributed by atoms with E-state index in [1.54, 1.807) is 0 Å². The Labute approximate surface area is 185 Å². The molecule has 2 unspecified atom stereocenters. The molecule has 6 fully saturated rings. The van der Waals surface area contributed by atoms with Crippen molar-refractivity contribution in [3.05, 3.63) is 35.9 Å². The zero-order chi connectivity index (χ0) is 21.1. The molecule has 4 bridgehead atoms. The van der Waals surface area contributed by atoms with Crippen molar-refractivity contribution in [1.29, 1.82) is 0 Å². The minimum atomic E-state index is -0.147. The molecule has 5 aliphatic carbocycles. The summed E-state index contributed by atoms with van der Waals surface area (Å²) in [6.07, 6.45) is 9.36. The van der Waals surface area contributed by atoms with E-state index in [1.807, 2.05) is 0 Å². The summed E-state index contributed by atoms with van der Waals surface area (Å²) < 4.78 is 0. The van der Waals surface area contributed by atoms with Gasteiger partial charge in [0, 0.05) is 32.2 Å². The van der Waals surface area contributed by atoms with Crippen molar-refractivity contribution in [2.45, 2.75) is 62.8 Å². The van der Waals surface area contributed by atoms with Gasteiger partial charge in [-0.1, -0.05) is 30.3 Å². The van der Waals surface area contributed by atoms with Crippen molar-refractivity contribution in [3.8, 4) is 0 Å². The first-order valence-electron chi connectivity index (χ1n) is 12.4. The smallest absolute Gasteiger partial charge is 0.234 e. The summed E-state index contributed by atoms with van der Waals surface area (Å²) >= 11 is 0. The summed E-state index contributed by atoms with van der Waals surface area (Å²) in [6, 6.07) is 11.5. The van der Waals surface area contributed by atoms with Crippen LogP contribution in [0.4, 0.5) is 0 Å². The van der Waals surface area contributed by atoms with Crippen LogP contribution in [0.3, 0.4) is 0 Å². The van der Waals surface area contributed by atoms with E-state index >= 15 is 0 Å². The summed E-state index contributed by atoms with van der Waals surface area (Å²) in [4.78, 5) is 30.4. The number of rotatable bonds is 5. The largest absolute Gasteiger partial charge is 0.352 e. The molecule has 2 amide bonds. The Morgan fingerprint density at radius 2 is 1.61 bits per heavy atom. The number of carbonyl (C=O) groups excluding carboxylic acids is 2. The van der Waals surface area contributed by atoms with Gasteiger partial charge in [-0.2, -0.15) is 0 Å². The van der Waals surface area contributed by atoms with Gasteiger partial charge in [0.05, 0.1) is 12.0 Å². The van der Waals surface area contributed by atoms with Gasteiger partial charge < -0.3 is 10.2 Å². The van der Waals surface area contributed by atoms with Crippen molar-refractivity contribution in [2.24, 2.45) is 17.3 Å². The summed E-state index contributed by atoms with van der Waals surface area (Å²) in [5.41, 5.74) is 1.53. The second-order valence-corrected chi connectivity index (χ2v) is 11.3. The van der Waals surface area contributed by atoms with Crippen molar-refractivity contribution in [1.82, 2.24) is 15.1 Å². The molecule has 7 rings (SSSR count). The lowest BCUT2D eigenvalue weighted by molar-refractivity contribution is -0.162. The van der Waals surface area contributed by atoms with E-state index in [1.165, 1.54) is 24.8 Å². The topological polar surface area (TPSA) is 52.7 Å². The van der Waals surface area contributed by atoms with Crippen LogP contribution in [0.5, 0.6) is 0 Å². The van der Waals surface area contributed by atoms with Crippen LogP contribution in [-0.4, -0.2) is 60.4 Å². The van der Waals surface area contributed by atoms with Gasteiger partial charge >= 0.3 is 0 Å². The average molecular weight is 422 g/mol. The number of hydrogen-bond acceptors (Lipinski definition) is 3. The first kappa shape index (κ1) is 19.8. The van der Waals surface area contributed by atoms with Crippen LogP contribution < -0.4 is 5.32 Å². The van der Waals surface area contributed by atoms with Crippen molar-refractivity contribution >= 4 is 11.8 Å². The van der Waals surface area contributed by atoms with Gasteiger partial charge in [-0.05, 0) is 74.2 Å². The summed E-state index contributed by atoms with van der Waals surface area (Å²) in [5, 5.41) is 3.08. The first-order chi connectivity index (χ1) is 15.0. The van der Waals surface area contributed by atoms with Gasteiger partial charge in [0.2, 0.25) is 11.8 Å². The molecular formula is C26H35N3O2. The SMILES string of the molecule is O=C(CN1CCN(C(=O)C23CC4CC(C2)CC(c2ccccc2)(C4)C3)CC1)NC1CC1. The van der Waals surface area contributed by atoms with Gasteiger partial charge in [0.25, 0.3) is 0 Å². The lowest BCUT2D eigenvalue weighted by Crippen LogP contribution is -2.61. The zero-order valence-electron chi connectivity index (χ0n) is 18.5. The number of benzene rings is 1. The average Bonchev–Trinajstić information content (AvgIpc) is 3.57. The fourth-order valence-corrected chi connectivity index (χ4v) is 7.79. The molecule has 5 nitrogen and oxygen atoms in total. The molecule has 0 spiro atoms. The molecule has 1 aliphatic heterocycles. The van der Waals surface area contributed by atoms with Crippen LogP contribution in [0, 0.1) is 17.3 Å². The highest BCUT2D eigenvalue weighted by Crippen LogP contribution is 2.66.